The number of thioether (sulfide) groups is 1. The number of halogens is 2. The number of fused-ring (bicyclic) bond motifs is 1. The number of anilines is 1. The van der Waals surface area contributed by atoms with Crippen molar-refractivity contribution in [3.05, 3.63) is 39.7 Å². The lowest BCUT2D eigenvalue weighted by Crippen LogP contribution is -2.03. The van der Waals surface area contributed by atoms with Crippen LogP contribution in [0.4, 0.5) is 10.2 Å². The number of hydrogen-bond donors (Lipinski definition) is 1. The number of nitrogens with one attached hydrogen (secondary N) is 1. The minimum absolute atomic E-state index is 0.304. The van der Waals surface area contributed by atoms with Crippen molar-refractivity contribution in [1.82, 2.24) is 9.97 Å². The zero-order chi connectivity index (χ0) is 13.4. The van der Waals surface area contributed by atoms with Crippen molar-refractivity contribution in [2.45, 2.75) is 11.5 Å². The van der Waals surface area contributed by atoms with Crippen molar-refractivity contribution in [2.75, 3.05) is 12.4 Å². The van der Waals surface area contributed by atoms with Crippen molar-refractivity contribution < 1.29 is 4.39 Å². The quantitative estimate of drug-likeness (QED) is 0.902. The van der Waals surface area contributed by atoms with E-state index in [1.54, 1.807) is 6.07 Å². The van der Waals surface area contributed by atoms with Gasteiger partial charge in [0.1, 0.15) is 11.6 Å². The lowest BCUT2D eigenvalue weighted by Gasteiger charge is -2.09. The average Bonchev–Trinajstić information content (AvgIpc) is 2.89. The molecule has 0 saturated carbocycles. The van der Waals surface area contributed by atoms with E-state index in [2.05, 4.69) is 31.2 Å². The fraction of sp³-hybridized carbons (Fsp3) is 0.231. The topological polar surface area (TPSA) is 37.8 Å². The molecule has 0 amide bonds. The molecule has 0 bridgehead atoms. The molecular weight excluding hydrogens is 329 g/mol. The summed E-state index contributed by atoms with van der Waals surface area (Å²) in [5.41, 5.74) is 2.90. The van der Waals surface area contributed by atoms with Crippen LogP contribution in [0.5, 0.6) is 0 Å². The number of benzene rings is 1. The molecule has 3 nitrogen and oxygen atoms in total. The Morgan fingerprint density at radius 3 is 2.89 bits per heavy atom. The molecule has 1 N–H and O–H groups in total. The van der Waals surface area contributed by atoms with Crippen molar-refractivity contribution in [1.29, 1.82) is 0 Å². The van der Waals surface area contributed by atoms with Gasteiger partial charge in [0.25, 0.3) is 0 Å². The van der Waals surface area contributed by atoms with E-state index in [4.69, 9.17) is 0 Å². The highest BCUT2D eigenvalue weighted by Gasteiger charge is 2.19. The molecule has 0 spiro atoms. The van der Waals surface area contributed by atoms with E-state index < -0.39 is 0 Å². The highest BCUT2D eigenvalue weighted by atomic mass is 79.9. The van der Waals surface area contributed by atoms with Crippen LogP contribution < -0.4 is 5.32 Å². The van der Waals surface area contributed by atoms with Crippen molar-refractivity contribution >= 4 is 33.5 Å². The normalized spacial score (nSPS) is 13.4. The predicted molar refractivity (Wildman–Crippen MR) is 79.7 cm³/mol. The standard InChI is InChI=1S/C13H11BrFN3S/c1-16-13-8-5-19-6-11(8)17-12(18-13)7-2-3-9(14)10(15)4-7/h2-4H,5-6H2,1H3,(H,16,17,18). The van der Waals surface area contributed by atoms with Crippen LogP contribution in [0.3, 0.4) is 0 Å². The number of aromatic nitrogens is 2. The molecule has 0 fully saturated rings. The van der Waals surface area contributed by atoms with E-state index in [1.807, 2.05) is 24.9 Å². The Bertz CT molecular complexity index is 648. The minimum Gasteiger partial charge on any atom is -0.373 e. The minimum atomic E-state index is -0.304. The molecule has 1 aliphatic heterocycles. The van der Waals surface area contributed by atoms with Crippen molar-refractivity contribution in [2.24, 2.45) is 0 Å². The van der Waals surface area contributed by atoms with Crippen LogP contribution in [0, 0.1) is 5.82 Å². The fourth-order valence-corrected chi connectivity index (χ4v) is 3.31. The molecule has 0 radical (unpaired) electrons. The third-order valence-corrected chi connectivity index (χ3v) is 4.61. The zero-order valence-corrected chi connectivity index (χ0v) is 12.6. The lowest BCUT2D eigenvalue weighted by molar-refractivity contribution is 0.621. The summed E-state index contributed by atoms with van der Waals surface area (Å²) in [4.78, 5) is 9.04. The van der Waals surface area contributed by atoms with Gasteiger partial charge in [0.2, 0.25) is 0 Å². The van der Waals surface area contributed by atoms with Crippen LogP contribution in [-0.2, 0) is 11.5 Å². The fourth-order valence-electron chi connectivity index (χ4n) is 2.02. The van der Waals surface area contributed by atoms with Gasteiger partial charge in [-0.2, -0.15) is 11.8 Å². The van der Waals surface area contributed by atoms with Gasteiger partial charge in [-0.05, 0) is 34.1 Å². The van der Waals surface area contributed by atoms with Gasteiger partial charge in [-0.25, -0.2) is 14.4 Å². The van der Waals surface area contributed by atoms with E-state index in [0.29, 0.717) is 15.9 Å². The largest absolute Gasteiger partial charge is 0.373 e. The maximum Gasteiger partial charge on any atom is 0.161 e. The summed E-state index contributed by atoms with van der Waals surface area (Å²) >= 11 is 4.97. The maximum absolute atomic E-state index is 13.6. The number of nitrogens with zero attached hydrogens (tertiary/aromatic N) is 2. The molecular formula is C13H11BrFN3S. The van der Waals surface area contributed by atoms with Gasteiger partial charge in [0.15, 0.2) is 5.82 Å². The first-order chi connectivity index (χ1) is 9.19. The molecule has 1 aliphatic rings. The zero-order valence-electron chi connectivity index (χ0n) is 10.2. The molecule has 2 aromatic rings. The first-order valence-corrected chi connectivity index (χ1v) is 7.74. The van der Waals surface area contributed by atoms with E-state index in [1.165, 1.54) is 6.07 Å². The second kappa shape index (κ2) is 5.09. The molecule has 2 heterocycles. The van der Waals surface area contributed by atoms with E-state index in [0.717, 1.165) is 28.6 Å². The smallest absolute Gasteiger partial charge is 0.161 e. The van der Waals surface area contributed by atoms with Crippen LogP contribution in [-0.4, -0.2) is 17.0 Å². The first kappa shape index (κ1) is 12.9. The molecule has 98 valence electrons. The monoisotopic (exact) mass is 339 g/mol. The van der Waals surface area contributed by atoms with Gasteiger partial charge in [-0.15, -0.1) is 0 Å². The van der Waals surface area contributed by atoms with Crippen LogP contribution in [0.1, 0.15) is 11.3 Å². The second-order valence-corrected chi connectivity index (χ2v) is 6.03. The van der Waals surface area contributed by atoms with Crippen LogP contribution >= 0.6 is 27.7 Å². The summed E-state index contributed by atoms with van der Waals surface area (Å²) in [6.45, 7) is 0. The van der Waals surface area contributed by atoms with Crippen molar-refractivity contribution in [3.8, 4) is 11.4 Å². The second-order valence-electron chi connectivity index (χ2n) is 4.19. The summed E-state index contributed by atoms with van der Waals surface area (Å²) < 4.78 is 14.0. The summed E-state index contributed by atoms with van der Waals surface area (Å²) in [6.07, 6.45) is 0. The molecule has 6 heteroatoms. The molecule has 0 unspecified atom stereocenters. The predicted octanol–water partition coefficient (Wildman–Crippen LogP) is 3.83. The molecule has 19 heavy (non-hydrogen) atoms. The van der Waals surface area contributed by atoms with Gasteiger partial charge in [-0.1, -0.05) is 0 Å². The van der Waals surface area contributed by atoms with Crippen LogP contribution in [0.15, 0.2) is 22.7 Å². The van der Waals surface area contributed by atoms with Gasteiger partial charge in [0.05, 0.1) is 10.2 Å². The van der Waals surface area contributed by atoms with Crippen LogP contribution in [0.25, 0.3) is 11.4 Å². The Kier molecular flexibility index (Phi) is 3.45. The third kappa shape index (κ3) is 2.34. The molecule has 0 saturated heterocycles. The highest BCUT2D eigenvalue weighted by Crippen LogP contribution is 2.34. The van der Waals surface area contributed by atoms with Crippen LogP contribution in [0.2, 0.25) is 0 Å². The van der Waals surface area contributed by atoms with E-state index in [9.17, 15) is 4.39 Å². The summed E-state index contributed by atoms with van der Waals surface area (Å²) in [5, 5.41) is 3.10. The lowest BCUT2D eigenvalue weighted by atomic mass is 10.2. The SMILES string of the molecule is CNc1nc(-c2ccc(Br)c(F)c2)nc2c1CSC2. The van der Waals surface area contributed by atoms with E-state index in [-0.39, 0.29) is 5.82 Å². The maximum atomic E-state index is 13.6. The molecule has 3 rings (SSSR count). The van der Waals surface area contributed by atoms with Gasteiger partial charge < -0.3 is 5.32 Å². The summed E-state index contributed by atoms with van der Waals surface area (Å²) in [6, 6.07) is 4.94. The average molecular weight is 340 g/mol. The molecule has 0 atom stereocenters. The highest BCUT2D eigenvalue weighted by molar-refractivity contribution is 9.10. The molecule has 1 aromatic carbocycles. The number of hydrogen-bond acceptors (Lipinski definition) is 4. The Labute approximate surface area is 123 Å². The Balaban J connectivity index is 2.12. The van der Waals surface area contributed by atoms with Gasteiger partial charge in [-0.3, -0.25) is 0 Å². The van der Waals surface area contributed by atoms with Gasteiger partial charge in [0, 0.05) is 29.7 Å². The van der Waals surface area contributed by atoms with Gasteiger partial charge >= 0.3 is 0 Å². The Morgan fingerprint density at radius 2 is 2.16 bits per heavy atom. The third-order valence-electron chi connectivity index (χ3n) is 2.99. The summed E-state index contributed by atoms with van der Waals surface area (Å²) in [5.74, 6) is 2.92. The molecule has 1 aromatic heterocycles. The number of rotatable bonds is 2. The summed E-state index contributed by atoms with van der Waals surface area (Å²) in [7, 11) is 1.84. The Hall–Kier alpha value is -1.14. The molecule has 0 aliphatic carbocycles. The first-order valence-electron chi connectivity index (χ1n) is 5.79. The van der Waals surface area contributed by atoms with E-state index >= 15 is 0 Å². The van der Waals surface area contributed by atoms with Crippen molar-refractivity contribution in [3.63, 3.8) is 0 Å². The Morgan fingerprint density at radius 1 is 1.32 bits per heavy atom.